The lowest BCUT2D eigenvalue weighted by molar-refractivity contribution is 0.0726. The Hall–Kier alpha value is -3.16. The van der Waals surface area contributed by atoms with Gasteiger partial charge in [-0.2, -0.15) is 0 Å². The maximum atomic E-state index is 13.1. The highest BCUT2D eigenvalue weighted by Gasteiger charge is 2.27. The Kier molecular flexibility index (Phi) is 7.05. The van der Waals surface area contributed by atoms with E-state index < -0.39 is 10.0 Å². The van der Waals surface area contributed by atoms with Gasteiger partial charge in [0, 0.05) is 43.5 Å². The Morgan fingerprint density at radius 3 is 2.29 bits per heavy atom. The molecule has 3 aromatic carbocycles. The Morgan fingerprint density at radius 1 is 0.941 bits per heavy atom. The molecule has 1 fully saturated rings. The molecule has 0 saturated carbocycles. The van der Waals surface area contributed by atoms with Gasteiger partial charge >= 0.3 is 0 Å². The van der Waals surface area contributed by atoms with Crippen molar-refractivity contribution in [3.8, 4) is 0 Å². The zero-order valence-electron chi connectivity index (χ0n) is 19.9. The molecule has 0 aromatic heterocycles. The molecule has 1 heterocycles. The van der Waals surface area contributed by atoms with Gasteiger partial charge in [0.1, 0.15) is 0 Å². The number of amides is 1. The number of sulfonamides is 1. The summed E-state index contributed by atoms with van der Waals surface area (Å²) in [6, 6.07) is 22.6. The van der Waals surface area contributed by atoms with Crippen molar-refractivity contribution in [3.63, 3.8) is 0 Å². The zero-order chi connectivity index (χ0) is 24.3. The van der Waals surface area contributed by atoms with Crippen LogP contribution >= 0.6 is 0 Å². The van der Waals surface area contributed by atoms with Crippen molar-refractivity contribution in [1.82, 2.24) is 9.62 Å². The highest BCUT2D eigenvalue weighted by atomic mass is 32.2. The lowest BCUT2D eigenvalue weighted by Gasteiger charge is -2.41. The summed E-state index contributed by atoms with van der Waals surface area (Å²) in [5.41, 5.74) is 4.83. The van der Waals surface area contributed by atoms with Gasteiger partial charge in [0.2, 0.25) is 10.0 Å². The molecule has 0 aliphatic carbocycles. The molecule has 178 valence electrons. The molecule has 1 aliphatic rings. The summed E-state index contributed by atoms with van der Waals surface area (Å²) in [6.45, 7) is 8.42. The maximum absolute atomic E-state index is 13.1. The Labute approximate surface area is 202 Å². The first-order chi connectivity index (χ1) is 16.2. The van der Waals surface area contributed by atoms with Crippen molar-refractivity contribution in [1.29, 1.82) is 0 Å². The molecular weight excluding hydrogens is 446 g/mol. The molecule has 7 heteroatoms. The largest absolute Gasteiger partial charge is 0.365 e. The van der Waals surface area contributed by atoms with Crippen LogP contribution in [0.2, 0.25) is 0 Å². The number of hydrogen-bond donors (Lipinski definition) is 1. The second kappa shape index (κ2) is 9.99. The third-order valence-electron chi connectivity index (χ3n) is 6.25. The molecule has 34 heavy (non-hydrogen) atoms. The number of carbonyl (C=O) groups is 1. The highest BCUT2D eigenvalue weighted by Crippen LogP contribution is 2.22. The van der Waals surface area contributed by atoms with Gasteiger partial charge in [0.05, 0.1) is 4.90 Å². The van der Waals surface area contributed by atoms with Crippen LogP contribution in [0.1, 0.15) is 34.0 Å². The van der Waals surface area contributed by atoms with Crippen molar-refractivity contribution < 1.29 is 13.2 Å². The van der Waals surface area contributed by atoms with Gasteiger partial charge in [-0.1, -0.05) is 42.0 Å². The fourth-order valence-corrected chi connectivity index (χ4v) is 5.28. The predicted octanol–water partition coefficient (Wildman–Crippen LogP) is 4.13. The highest BCUT2D eigenvalue weighted by molar-refractivity contribution is 7.89. The van der Waals surface area contributed by atoms with Crippen LogP contribution in [0.4, 0.5) is 5.69 Å². The van der Waals surface area contributed by atoms with Gasteiger partial charge in [0.15, 0.2) is 0 Å². The van der Waals surface area contributed by atoms with Gasteiger partial charge in [-0.15, -0.1) is 0 Å². The number of nitrogens with one attached hydrogen (secondary N) is 1. The first-order valence-electron chi connectivity index (χ1n) is 11.5. The summed E-state index contributed by atoms with van der Waals surface area (Å²) in [5.74, 6) is 0.00234. The molecule has 1 saturated heterocycles. The quantitative estimate of drug-likeness (QED) is 0.580. The van der Waals surface area contributed by atoms with E-state index in [9.17, 15) is 13.2 Å². The Morgan fingerprint density at radius 2 is 1.65 bits per heavy atom. The summed E-state index contributed by atoms with van der Waals surface area (Å²) in [6.07, 6.45) is 0. The van der Waals surface area contributed by atoms with E-state index in [1.807, 2.05) is 11.8 Å². The lowest BCUT2D eigenvalue weighted by Crippen LogP contribution is -2.53. The maximum Gasteiger partial charge on any atom is 0.253 e. The van der Waals surface area contributed by atoms with Crippen LogP contribution in [0, 0.1) is 13.8 Å². The van der Waals surface area contributed by atoms with Crippen LogP contribution in [0.25, 0.3) is 0 Å². The number of hydrogen-bond acceptors (Lipinski definition) is 4. The van der Waals surface area contributed by atoms with Crippen LogP contribution in [-0.2, 0) is 16.6 Å². The fraction of sp³-hybridized carbons (Fsp3) is 0.296. The van der Waals surface area contributed by atoms with E-state index in [1.54, 1.807) is 48.5 Å². The van der Waals surface area contributed by atoms with Crippen molar-refractivity contribution in [2.75, 3.05) is 24.5 Å². The number of benzene rings is 3. The standard InChI is InChI=1S/C27H31N3O3S/c1-20-7-13-26(14-8-20)34(32,33)28-18-23-9-11-24(12-10-23)27(31)29-15-16-30(22(3)19-29)25-6-4-5-21(2)17-25/h4-14,17,22,28H,15-16,18-19H2,1-3H3/t22-/m0/s1. The molecule has 0 radical (unpaired) electrons. The number of nitrogens with zero attached hydrogens (tertiary/aromatic N) is 2. The van der Waals surface area contributed by atoms with Crippen LogP contribution < -0.4 is 9.62 Å². The van der Waals surface area contributed by atoms with Gasteiger partial charge in [-0.25, -0.2) is 13.1 Å². The molecule has 0 spiro atoms. The number of anilines is 1. The van der Waals surface area contributed by atoms with Crippen molar-refractivity contribution in [3.05, 3.63) is 95.1 Å². The lowest BCUT2D eigenvalue weighted by atomic mass is 10.1. The number of carbonyl (C=O) groups excluding carboxylic acids is 1. The number of piperazine rings is 1. The van der Waals surface area contributed by atoms with Crippen molar-refractivity contribution >= 4 is 21.6 Å². The van der Waals surface area contributed by atoms with Gasteiger partial charge < -0.3 is 9.80 Å². The molecule has 3 aromatic rings. The molecule has 1 aliphatic heterocycles. The van der Waals surface area contributed by atoms with Gasteiger partial charge in [-0.3, -0.25) is 4.79 Å². The summed E-state index contributed by atoms with van der Waals surface area (Å²) >= 11 is 0. The van der Waals surface area contributed by atoms with E-state index in [0.717, 1.165) is 17.7 Å². The van der Waals surface area contributed by atoms with Crippen molar-refractivity contribution in [2.45, 2.75) is 38.3 Å². The summed E-state index contributed by atoms with van der Waals surface area (Å²) in [5, 5.41) is 0. The van der Waals surface area contributed by atoms with E-state index in [-0.39, 0.29) is 23.4 Å². The molecular formula is C27H31N3O3S. The van der Waals surface area contributed by atoms with Crippen LogP contribution in [0.5, 0.6) is 0 Å². The van der Waals surface area contributed by atoms with Gasteiger partial charge in [0.25, 0.3) is 5.91 Å². The topological polar surface area (TPSA) is 69.7 Å². The van der Waals surface area contributed by atoms with Crippen LogP contribution in [0.15, 0.2) is 77.7 Å². The summed E-state index contributed by atoms with van der Waals surface area (Å²) < 4.78 is 27.6. The SMILES string of the molecule is Cc1ccc(S(=O)(=O)NCc2ccc(C(=O)N3CCN(c4cccc(C)c4)[C@@H](C)C3)cc2)cc1. The molecule has 6 nitrogen and oxygen atoms in total. The second-order valence-electron chi connectivity index (χ2n) is 8.97. The molecule has 0 bridgehead atoms. The Balaban J connectivity index is 1.35. The number of aryl methyl sites for hydroxylation is 2. The Bertz CT molecular complexity index is 1260. The number of rotatable bonds is 6. The minimum atomic E-state index is -3.59. The fourth-order valence-electron chi connectivity index (χ4n) is 4.26. The van der Waals surface area contributed by atoms with Crippen LogP contribution in [0.3, 0.4) is 0 Å². The minimum Gasteiger partial charge on any atom is -0.365 e. The first kappa shape index (κ1) is 24.0. The van der Waals surface area contributed by atoms with E-state index in [0.29, 0.717) is 18.7 Å². The molecule has 1 amide bonds. The van der Waals surface area contributed by atoms with Crippen molar-refractivity contribution in [2.24, 2.45) is 0 Å². The monoisotopic (exact) mass is 477 g/mol. The third kappa shape index (κ3) is 5.48. The minimum absolute atomic E-state index is 0.00234. The van der Waals surface area contributed by atoms with E-state index in [1.165, 1.54) is 11.3 Å². The van der Waals surface area contributed by atoms with Crippen LogP contribution in [-0.4, -0.2) is 44.9 Å². The third-order valence-corrected chi connectivity index (χ3v) is 7.66. The van der Waals surface area contributed by atoms with E-state index >= 15 is 0 Å². The summed E-state index contributed by atoms with van der Waals surface area (Å²) in [4.78, 5) is 17.6. The smallest absolute Gasteiger partial charge is 0.253 e. The normalized spacial score (nSPS) is 16.5. The molecule has 0 unspecified atom stereocenters. The average Bonchev–Trinajstić information content (AvgIpc) is 2.83. The molecule has 4 rings (SSSR count). The molecule has 1 N–H and O–H groups in total. The zero-order valence-corrected chi connectivity index (χ0v) is 20.7. The predicted molar refractivity (Wildman–Crippen MR) is 136 cm³/mol. The van der Waals surface area contributed by atoms with Gasteiger partial charge in [-0.05, 0) is 68.3 Å². The molecule has 1 atom stereocenters. The first-order valence-corrected chi connectivity index (χ1v) is 13.0. The summed E-state index contributed by atoms with van der Waals surface area (Å²) in [7, 11) is -3.59. The van der Waals surface area contributed by atoms with E-state index in [4.69, 9.17) is 0 Å². The second-order valence-corrected chi connectivity index (χ2v) is 10.7. The average molecular weight is 478 g/mol. The van der Waals surface area contributed by atoms with E-state index in [2.05, 4.69) is 47.7 Å².